The van der Waals surface area contributed by atoms with Gasteiger partial charge >= 0.3 is 11.9 Å². The van der Waals surface area contributed by atoms with E-state index in [-0.39, 0.29) is 41.1 Å². The number of rotatable bonds is 4. The third kappa shape index (κ3) is 3.69. The van der Waals surface area contributed by atoms with Gasteiger partial charge < -0.3 is 14.8 Å². The lowest BCUT2D eigenvalue weighted by atomic mass is 9.49. The molecule has 0 aromatic heterocycles. The molecule has 0 aromatic carbocycles. The van der Waals surface area contributed by atoms with Crippen LogP contribution in [0.25, 0.3) is 0 Å². The highest BCUT2D eigenvalue weighted by molar-refractivity contribution is 6.25. The van der Waals surface area contributed by atoms with Crippen molar-refractivity contribution in [3.05, 3.63) is 11.1 Å². The summed E-state index contributed by atoms with van der Waals surface area (Å²) in [6.07, 6.45) is 1.83. The zero-order valence-corrected chi connectivity index (χ0v) is 18.9. The van der Waals surface area contributed by atoms with Crippen LogP contribution >= 0.6 is 11.6 Å². The first-order valence-electron chi connectivity index (χ1n) is 10.4. The number of cyclic esters (lactones) is 1. The zero-order valence-electron chi connectivity index (χ0n) is 18.1. The molecule has 2 aliphatic carbocycles. The van der Waals surface area contributed by atoms with Crippen LogP contribution in [0, 0.1) is 22.7 Å². The molecule has 1 saturated carbocycles. The van der Waals surface area contributed by atoms with Gasteiger partial charge in [0, 0.05) is 12.3 Å². The Morgan fingerprint density at radius 1 is 1.28 bits per heavy atom. The van der Waals surface area contributed by atoms with Crippen LogP contribution in [0.4, 0.5) is 0 Å². The molecular weight excluding hydrogens is 394 g/mol. The van der Waals surface area contributed by atoms with Crippen molar-refractivity contribution in [1.82, 2.24) is 5.32 Å². The number of carbonyl (C=O) groups is 3. The lowest BCUT2D eigenvalue weighted by Crippen LogP contribution is -2.57. The van der Waals surface area contributed by atoms with E-state index in [1.54, 1.807) is 0 Å². The summed E-state index contributed by atoms with van der Waals surface area (Å²) in [6, 6.07) is -0.705. The van der Waals surface area contributed by atoms with Crippen molar-refractivity contribution in [2.45, 2.75) is 78.3 Å². The van der Waals surface area contributed by atoms with Gasteiger partial charge in [0.25, 0.3) is 0 Å². The molecule has 0 spiro atoms. The number of halogens is 1. The number of hydrogen-bond acceptors (Lipinski definition) is 5. The van der Waals surface area contributed by atoms with Crippen LogP contribution in [0.2, 0.25) is 0 Å². The fraction of sp³-hybridized carbons (Fsp3) is 0.773. The lowest BCUT2D eigenvalue weighted by molar-refractivity contribution is -0.172. The van der Waals surface area contributed by atoms with E-state index < -0.39 is 23.5 Å². The second-order valence-corrected chi connectivity index (χ2v) is 10.4. The number of ether oxygens (including phenoxy) is 2. The fourth-order valence-electron chi connectivity index (χ4n) is 5.60. The van der Waals surface area contributed by atoms with E-state index in [1.807, 2.05) is 13.8 Å². The molecule has 1 fully saturated rings. The minimum atomic E-state index is -0.705. The van der Waals surface area contributed by atoms with Gasteiger partial charge in [0.1, 0.15) is 18.8 Å². The summed E-state index contributed by atoms with van der Waals surface area (Å²) >= 11 is 6.61. The molecule has 0 aromatic rings. The first-order chi connectivity index (χ1) is 13.4. The first kappa shape index (κ1) is 22.1. The van der Waals surface area contributed by atoms with E-state index in [4.69, 9.17) is 21.1 Å². The third-order valence-corrected chi connectivity index (χ3v) is 7.62. The van der Waals surface area contributed by atoms with Gasteiger partial charge in [-0.25, -0.2) is 9.59 Å². The maximum atomic E-state index is 13.0. The Hall–Kier alpha value is -1.56. The molecule has 162 valence electrons. The molecule has 0 bridgehead atoms. The molecule has 3 rings (SSSR count). The fourth-order valence-corrected chi connectivity index (χ4v) is 6.00. The van der Waals surface area contributed by atoms with Crippen molar-refractivity contribution in [3.8, 4) is 0 Å². The predicted octanol–water partition coefficient (Wildman–Crippen LogP) is 3.37. The van der Waals surface area contributed by atoms with Crippen molar-refractivity contribution in [3.63, 3.8) is 0 Å². The summed E-state index contributed by atoms with van der Waals surface area (Å²) in [5, 5.41) is 2.32. The van der Waals surface area contributed by atoms with Crippen LogP contribution < -0.4 is 5.32 Å². The van der Waals surface area contributed by atoms with Gasteiger partial charge in [0.2, 0.25) is 5.91 Å². The second kappa shape index (κ2) is 7.60. The summed E-state index contributed by atoms with van der Waals surface area (Å²) in [7, 11) is 0. The normalized spacial score (nSPS) is 34.2. The Kier molecular flexibility index (Phi) is 5.80. The topological polar surface area (TPSA) is 81.7 Å². The largest absolute Gasteiger partial charge is 0.460 e. The highest BCUT2D eigenvalue weighted by atomic mass is 35.5. The molecule has 29 heavy (non-hydrogen) atoms. The van der Waals surface area contributed by atoms with Crippen molar-refractivity contribution >= 4 is 29.4 Å². The van der Waals surface area contributed by atoms with Crippen LogP contribution in [-0.2, 0) is 23.9 Å². The number of esters is 2. The molecule has 0 radical (unpaired) electrons. The zero-order chi connectivity index (χ0) is 21.7. The first-order valence-corrected chi connectivity index (χ1v) is 10.9. The number of nitrogens with one attached hydrogen (secondary N) is 1. The lowest BCUT2D eigenvalue weighted by Gasteiger charge is -2.57. The maximum Gasteiger partial charge on any atom is 0.335 e. The monoisotopic (exact) mass is 425 g/mol. The number of alkyl halides is 1. The van der Waals surface area contributed by atoms with Gasteiger partial charge in [-0.05, 0) is 42.1 Å². The van der Waals surface area contributed by atoms with Crippen LogP contribution in [0.5, 0.6) is 0 Å². The average molecular weight is 426 g/mol. The van der Waals surface area contributed by atoms with Gasteiger partial charge in [0.05, 0.1) is 11.0 Å². The van der Waals surface area contributed by atoms with E-state index in [0.29, 0.717) is 18.4 Å². The summed E-state index contributed by atoms with van der Waals surface area (Å²) < 4.78 is 11.4. The van der Waals surface area contributed by atoms with Crippen LogP contribution in [0.15, 0.2) is 11.1 Å². The van der Waals surface area contributed by atoms with E-state index in [1.165, 1.54) is 6.92 Å². The van der Waals surface area contributed by atoms with Crippen LogP contribution in [0.3, 0.4) is 0 Å². The van der Waals surface area contributed by atoms with Gasteiger partial charge in [-0.2, -0.15) is 0 Å². The van der Waals surface area contributed by atoms with Crippen molar-refractivity contribution < 1.29 is 23.9 Å². The molecule has 1 amide bonds. The van der Waals surface area contributed by atoms with Crippen LogP contribution in [0.1, 0.15) is 60.8 Å². The highest BCUT2D eigenvalue weighted by Crippen LogP contribution is 2.62. The molecule has 1 aliphatic heterocycles. The molecular formula is C22H32ClNO5. The summed E-state index contributed by atoms with van der Waals surface area (Å²) in [4.78, 5) is 36.9. The van der Waals surface area contributed by atoms with Crippen molar-refractivity contribution in [1.29, 1.82) is 0 Å². The summed E-state index contributed by atoms with van der Waals surface area (Å²) in [5.41, 5.74) is 0.892. The Morgan fingerprint density at radius 2 is 1.93 bits per heavy atom. The molecule has 0 saturated heterocycles. The standard InChI is InChI=1S/C22H32ClNO5/c1-11(2)18(24-12(3)25)20(27)29-16-7-8-21(4,5)15-9-14(23)17-13(22(15,16)6)10-28-19(17)26/h11,14-16,18H,7-10H2,1-6H3,(H,24,25). The molecule has 3 aliphatic rings. The molecule has 5 atom stereocenters. The SMILES string of the molecule is CC(=O)NC(C(=O)OC1CCC(C)(C)C2CC(Cl)C3=C(COC3=O)C12C)C(C)C. The van der Waals surface area contributed by atoms with Gasteiger partial charge in [-0.3, -0.25) is 4.79 Å². The molecule has 1 heterocycles. The van der Waals surface area contributed by atoms with E-state index >= 15 is 0 Å². The van der Waals surface area contributed by atoms with Gasteiger partial charge in [0.15, 0.2) is 0 Å². The van der Waals surface area contributed by atoms with Crippen LogP contribution in [-0.4, -0.2) is 42.0 Å². The Bertz CT molecular complexity index is 758. The Balaban J connectivity index is 1.97. The van der Waals surface area contributed by atoms with Crippen molar-refractivity contribution in [2.75, 3.05) is 6.61 Å². The van der Waals surface area contributed by atoms with Gasteiger partial charge in [-0.15, -0.1) is 11.6 Å². The molecule has 1 N–H and O–H groups in total. The molecule has 7 heteroatoms. The minimum Gasteiger partial charge on any atom is -0.460 e. The average Bonchev–Trinajstić information content (AvgIpc) is 3.01. The number of hydrogen-bond donors (Lipinski definition) is 1. The smallest absolute Gasteiger partial charge is 0.335 e. The number of carbonyl (C=O) groups excluding carboxylic acids is 3. The van der Waals surface area contributed by atoms with Crippen molar-refractivity contribution in [2.24, 2.45) is 22.7 Å². The molecule has 5 unspecified atom stereocenters. The predicted molar refractivity (Wildman–Crippen MR) is 109 cm³/mol. The molecule has 6 nitrogen and oxygen atoms in total. The maximum absolute atomic E-state index is 13.0. The van der Waals surface area contributed by atoms with E-state index in [2.05, 4.69) is 26.1 Å². The number of amides is 1. The third-order valence-electron chi connectivity index (χ3n) is 7.22. The van der Waals surface area contributed by atoms with Gasteiger partial charge in [-0.1, -0.05) is 34.6 Å². The number of fused-ring (bicyclic) bond motifs is 2. The Labute approximate surface area is 177 Å². The summed E-state index contributed by atoms with van der Waals surface area (Å²) in [6.45, 7) is 11.9. The second-order valence-electron chi connectivity index (χ2n) is 9.88. The highest BCUT2D eigenvalue weighted by Gasteiger charge is 2.61. The Morgan fingerprint density at radius 3 is 2.52 bits per heavy atom. The summed E-state index contributed by atoms with van der Waals surface area (Å²) in [5.74, 6) is -1.00. The minimum absolute atomic E-state index is 0.00987. The quantitative estimate of drug-likeness (QED) is 0.551. The van der Waals surface area contributed by atoms with E-state index in [9.17, 15) is 14.4 Å². The van der Waals surface area contributed by atoms with E-state index in [0.717, 1.165) is 12.0 Å².